The normalized spacial score (nSPS) is 11.9. The van der Waals surface area contributed by atoms with E-state index in [0.717, 1.165) is 10.6 Å². The Balaban J connectivity index is 2.21. The van der Waals surface area contributed by atoms with Crippen LogP contribution in [0.3, 0.4) is 0 Å². The van der Waals surface area contributed by atoms with Crippen LogP contribution in [0.25, 0.3) is 0 Å². The largest absolute Gasteiger partial charge is 0.394 e. The highest BCUT2D eigenvalue weighted by Crippen LogP contribution is 2.38. The summed E-state index contributed by atoms with van der Waals surface area (Å²) in [4.78, 5) is 12.0. The van der Waals surface area contributed by atoms with E-state index in [9.17, 15) is 15.2 Å². The van der Waals surface area contributed by atoms with E-state index < -0.39 is 11.0 Å². The van der Waals surface area contributed by atoms with Gasteiger partial charge in [0.2, 0.25) is 0 Å². The zero-order valence-corrected chi connectivity index (χ0v) is 12.5. The number of hydrogen-bond donors (Lipinski definition) is 3. The number of benzene rings is 2. The summed E-state index contributed by atoms with van der Waals surface area (Å²) in [5.74, 6) is 0. The maximum atomic E-state index is 11.1. The molecular formula is C15H16N2O4S. The molecule has 0 radical (unpaired) electrons. The van der Waals surface area contributed by atoms with Crippen molar-refractivity contribution in [3.8, 4) is 0 Å². The molecule has 0 amide bonds. The van der Waals surface area contributed by atoms with Crippen molar-refractivity contribution in [1.82, 2.24) is 0 Å². The van der Waals surface area contributed by atoms with E-state index in [0.29, 0.717) is 4.90 Å². The number of nitro groups is 1. The Labute approximate surface area is 131 Å². The Bertz CT molecular complexity index is 651. The van der Waals surface area contributed by atoms with Crippen LogP contribution >= 0.6 is 11.8 Å². The van der Waals surface area contributed by atoms with Gasteiger partial charge in [-0.15, -0.1) is 0 Å². The first-order valence-electron chi connectivity index (χ1n) is 6.65. The number of rotatable bonds is 7. The SMILES string of the molecule is O=[N+]([O-])c1ccccc1Sc1ccccc1NCC(O)CO. The van der Waals surface area contributed by atoms with Crippen molar-refractivity contribution >= 4 is 23.1 Å². The molecule has 1 unspecified atom stereocenters. The van der Waals surface area contributed by atoms with E-state index in [1.807, 2.05) is 24.3 Å². The second-order valence-electron chi connectivity index (χ2n) is 4.54. The number of nitrogens with zero attached hydrogens (tertiary/aromatic N) is 1. The number of nitrogens with one attached hydrogen (secondary N) is 1. The van der Waals surface area contributed by atoms with Gasteiger partial charge in [-0.2, -0.15) is 0 Å². The molecule has 0 saturated heterocycles. The maximum absolute atomic E-state index is 11.1. The Morgan fingerprint density at radius 3 is 2.45 bits per heavy atom. The van der Waals surface area contributed by atoms with Crippen LogP contribution in [-0.4, -0.2) is 34.4 Å². The molecule has 0 spiro atoms. The molecule has 1 atom stereocenters. The second kappa shape index (κ2) is 7.79. The highest BCUT2D eigenvalue weighted by molar-refractivity contribution is 7.99. The van der Waals surface area contributed by atoms with Gasteiger partial charge in [0.05, 0.1) is 22.5 Å². The molecule has 3 N–H and O–H groups in total. The van der Waals surface area contributed by atoms with Crippen LogP contribution in [0.15, 0.2) is 58.3 Å². The molecule has 7 heteroatoms. The minimum Gasteiger partial charge on any atom is -0.394 e. The number of para-hydroxylation sites is 2. The highest BCUT2D eigenvalue weighted by atomic mass is 32.2. The molecule has 0 aliphatic carbocycles. The van der Waals surface area contributed by atoms with Crippen LogP contribution in [-0.2, 0) is 0 Å². The topological polar surface area (TPSA) is 95.6 Å². The molecule has 2 rings (SSSR count). The van der Waals surface area contributed by atoms with Crippen LogP contribution in [0.2, 0.25) is 0 Å². The van der Waals surface area contributed by atoms with Gasteiger partial charge < -0.3 is 15.5 Å². The summed E-state index contributed by atoms with van der Waals surface area (Å²) in [5.41, 5.74) is 0.802. The van der Waals surface area contributed by atoms with E-state index in [-0.39, 0.29) is 18.8 Å². The van der Waals surface area contributed by atoms with Crippen molar-refractivity contribution in [2.24, 2.45) is 0 Å². The first kappa shape index (κ1) is 16.3. The number of aliphatic hydroxyl groups excluding tert-OH is 2. The van der Waals surface area contributed by atoms with E-state index in [1.165, 1.54) is 17.8 Å². The summed E-state index contributed by atoms with van der Waals surface area (Å²) in [6, 6.07) is 13.9. The quantitative estimate of drug-likeness (QED) is 0.536. The summed E-state index contributed by atoms with van der Waals surface area (Å²) in [5, 5.41) is 32.4. The maximum Gasteiger partial charge on any atom is 0.283 e. The van der Waals surface area contributed by atoms with E-state index in [1.54, 1.807) is 18.2 Å². The van der Waals surface area contributed by atoms with E-state index in [4.69, 9.17) is 5.11 Å². The Hall–Kier alpha value is -2.09. The van der Waals surface area contributed by atoms with Gasteiger partial charge in [-0.3, -0.25) is 10.1 Å². The lowest BCUT2D eigenvalue weighted by Crippen LogP contribution is -2.23. The first-order chi connectivity index (χ1) is 10.6. The molecule has 0 bridgehead atoms. The summed E-state index contributed by atoms with van der Waals surface area (Å²) >= 11 is 1.28. The molecule has 0 aliphatic rings. The Morgan fingerprint density at radius 2 is 1.77 bits per heavy atom. The van der Waals surface area contributed by atoms with Crippen molar-refractivity contribution < 1.29 is 15.1 Å². The van der Waals surface area contributed by atoms with Crippen LogP contribution in [0.5, 0.6) is 0 Å². The summed E-state index contributed by atoms with van der Waals surface area (Å²) in [7, 11) is 0. The van der Waals surface area contributed by atoms with Gasteiger partial charge in [-0.25, -0.2) is 0 Å². The van der Waals surface area contributed by atoms with Crippen LogP contribution < -0.4 is 5.32 Å². The van der Waals surface area contributed by atoms with Crippen LogP contribution in [0.1, 0.15) is 0 Å². The van der Waals surface area contributed by atoms with Gasteiger partial charge >= 0.3 is 0 Å². The van der Waals surface area contributed by atoms with Gasteiger partial charge in [-0.05, 0) is 18.2 Å². The zero-order chi connectivity index (χ0) is 15.9. The van der Waals surface area contributed by atoms with Gasteiger partial charge in [0, 0.05) is 23.2 Å². The fourth-order valence-corrected chi connectivity index (χ4v) is 2.83. The summed E-state index contributed by atoms with van der Waals surface area (Å²) in [6.07, 6.45) is -0.857. The standard InChI is InChI=1S/C15H16N2O4S/c18-10-11(19)9-16-12-5-1-3-7-14(12)22-15-8-4-2-6-13(15)17(20)21/h1-8,11,16,18-19H,9-10H2. The molecule has 0 aliphatic heterocycles. The molecule has 2 aromatic rings. The molecule has 0 saturated carbocycles. The second-order valence-corrected chi connectivity index (χ2v) is 5.62. The van der Waals surface area contributed by atoms with E-state index in [2.05, 4.69) is 5.32 Å². The molecule has 22 heavy (non-hydrogen) atoms. The summed E-state index contributed by atoms with van der Waals surface area (Å²) < 4.78 is 0. The van der Waals surface area contributed by atoms with Gasteiger partial charge in [-0.1, -0.05) is 36.0 Å². The fraction of sp³-hybridized carbons (Fsp3) is 0.200. The van der Waals surface area contributed by atoms with Crippen LogP contribution in [0.4, 0.5) is 11.4 Å². The molecule has 2 aromatic carbocycles. The predicted octanol–water partition coefficient (Wildman–Crippen LogP) is 2.51. The third-order valence-corrected chi connectivity index (χ3v) is 4.05. The van der Waals surface area contributed by atoms with E-state index >= 15 is 0 Å². The first-order valence-corrected chi connectivity index (χ1v) is 7.46. The third-order valence-electron chi connectivity index (χ3n) is 2.91. The van der Waals surface area contributed by atoms with Crippen molar-refractivity contribution in [1.29, 1.82) is 0 Å². The van der Waals surface area contributed by atoms with Crippen molar-refractivity contribution in [2.45, 2.75) is 15.9 Å². The smallest absolute Gasteiger partial charge is 0.283 e. The predicted molar refractivity (Wildman–Crippen MR) is 85.2 cm³/mol. The van der Waals surface area contributed by atoms with Crippen molar-refractivity contribution in [3.05, 3.63) is 58.6 Å². The van der Waals surface area contributed by atoms with Gasteiger partial charge in [0.25, 0.3) is 5.69 Å². The molecule has 6 nitrogen and oxygen atoms in total. The average molecular weight is 320 g/mol. The molecule has 0 fully saturated rings. The van der Waals surface area contributed by atoms with Crippen molar-refractivity contribution in [3.63, 3.8) is 0 Å². The lowest BCUT2D eigenvalue weighted by Gasteiger charge is -2.13. The molecule has 0 heterocycles. The monoisotopic (exact) mass is 320 g/mol. The molecule has 116 valence electrons. The zero-order valence-electron chi connectivity index (χ0n) is 11.7. The number of anilines is 1. The average Bonchev–Trinajstić information content (AvgIpc) is 2.54. The Morgan fingerprint density at radius 1 is 1.14 bits per heavy atom. The van der Waals surface area contributed by atoms with Crippen LogP contribution in [0, 0.1) is 10.1 Å². The molecule has 0 aromatic heterocycles. The highest BCUT2D eigenvalue weighted by Gasteiger charge is 2.15. The fourth-order valence-electron chi connectivity index (χ4n) is 1.81. The van der Waals surface area contributed by atoms with Crippen molar-refractivity contribution in [2.75, 3.05) is 18.5 Å². The number of aliphatic hydroxyl groups is 2. The minimum absolute atomic E-state index is 0.0534. The Kier molecular flexibility index (Phi) is 5.76. The number of nitro benzene ring substituents is 1. The summed E-state index contributed by atoms with van der Waals surface area (Å²) in [6.45, 7) is -0.128. The minimum atomic E-state index is -0.857. The molecular weight excluding hydrogens is 304 g/mol. The van der Waals surface area contributed by atoms with Gasteiger partial charge in [0.15, 0.2) is 0 Å². The third kappa shape index (κ3) is 4.20. The lowest BCUT2D eigenvalue weighted by atomic mass is 10.3. The number of hydrogen-bond acceptors (Lipinski definition) is 6. The lowest BCUT2D eigenvalue weighted by molar-refractivity contribution is -0.387. The van der Waals surface area contributed by atoms with Gasteiger partial charge in [0.1, 0.15) is 0 Å².